The lowest BCUT2D eigenvalue weighted by molar-refractivity contribution is -0.164. The van der Waals surface area contributed by atoms with E-state index in [4.69, 9.17) is 9.47 Å². The van der Waals surface area contributed by atoms with Gasteiger partial charge in [0, 0.05) is 18.0 Å². The molecule has 0 saturated heterocycles. The summed E-state index contributed by atoms with van der Waals surface area (Å²) in [6.45, 7) is 10.2. The lowest BCUT2D eigenvalue weighted by Crippen LogP contribution is -2.28. The second-order valence-corrected chi connectivity index (χ2v) is 11.0. The summed E-state index contributed by atoms with van der Waals surface area (Å²) >= 11 is 0. The van der Waals surface area contributed by atoms with E-state index in [0.29, 0.717) is 0 Å². The van der Waals surface area contributed by atoms with Crippen LogP contribution in [0.15, 0.2) is 85.2 Å². The molecule has 0 radical (unpaired) electrons. The van der Waals surface area contributed by atoms with Gasteiger partial charge >= 0.3 is 5.97 Å². The molecular formula is C35H39NO3. The number of carbonyl (C=O) groups excluding carboxylic acids is 1. The molecule has 1 unspecified atom stereocenters. The molecule has 0 spiro atoms. The number of nitrogens with zero attached hydrogens (tertiary/aromatic N) is 1. The summed E-state index contributed by atoms with van der Waals surface area (Å²) in [4.78, 5) is 17.3. The van der Waals surface area contributed by atoms with E-state index >= 15 is 0 Å². The summed E-state index contributed by atoms with van der Waals surface area (Å²) < 4.78 is 11.5. The molecular weight excluding hydrogens is 482 g/mol. The third kappa shape index (κ3) is 7.01. The Hall–Kier alpha value is -3.76. The van der Waals surface area contributed by atoms with Crippen molar-refractivity contribution >= 4 is 5.97 Å². The van der Waals surface area contributed by atoms with Crippen LogP contribution >= 0.6 is 0 Å². The minimum absolute atomic E-state index is 0.407. The highest BCUT2D eigenvalue weighted by Crippen LogP contribution is 2.38. The van der Waals surface area contributed by atoms with E-state index in [2.05, 4.69) is 79.5 Å². The van der Waals surface area contributed by atoms with E-state index in [1.54, 1.807) is 6.20 Å². The van der Waals surface area contributed by atoms with Crippen LogP contribution in [0.2, 0.25) is 0 Å². The number of pyridine rings is 1. The van der Waals surface area contributed by atoms with Crippen LogP contribution in [0.1, 0.15) is 63.3 Å². The largest absolute Gasteiger partial charge is 0.467 e. The molecule has 0 bridgehead atoms. The van der Waals surface area contributed by atoms with E-state index in [-0.39, 0.29) is 0 Å². The first-order chi connectivity index (χ1) is 18.7. The summed E-state index contributed by atoms with van der Waals surface area (Å²) in [7, 11) is 1.41. The molecule has 0 aliphatic carbocycles. The van der Waals surface area contributed by atoms with Crippen LogP contribution in [0.5, 0.6) is 0 Å². The van der Waals surface area contributed by atoms with Crippen LogP contribution in [0.25, 0.3) is 33.4 Å². The molecule has 3 aromatic carbocycles. The lowest BCUT2D eigenvalue weighted by atomic mass is 9.89. The number of carbonyl (C=O) groups is 1. The number of unbranched alkanes of at least 4 members (excludes halogenated alkanes) is 1. The SMILES string of the molecule is CCCCc1cc(-c2cc(-c3cccc(-c4cccnc4)c3)ccc2C(OC(C)(C)C)C(=O)OC)ccc1C. The van der Waals surface area contributed by atoms with Gasteiger partial charge in [-0.25, -0.2) is 4.79 Å². The lowest BCUT2D eigenvalue weighted by Gasteiger charge is -2.28. The van der Waals surface area contributed by atoms with Gasteiger partial charge in [-0.1, -0.05) is 67.9 Å². The van der Waals surface area contributed by atoms with E-state index in [1.165, 1.54) is 18.2 Å². The number of aromatic nitrogens is 1. The predicted octanol–water partition coefficient (Wildman–Crippen LogP) is 8.76. The fraction of sp³-hybridized carbons (Fsp3) is 0.314. The Morgan fingerprint density at radius 2 is 1.56 bits per heavy atom. The molecule has 1 heterocycles. The highest BCUT2D eigenvalue weighted by atomic mass is 16.6. The molecule has 4 nitrogen and oxygen atoms in total. The van der Waals surface area contributed by atoms with Crippen LogP contribution in [0, 0.1) is 6.92 Å². The van der Waals surface area contributed by atoms with Gasteiger partial charge in [0.1, 0.15) is 0 Å². The normalized spacial score (nSPS) is 12.3. The number of benzene rings is 3. The van der Waals surface area contributed by atoms with E-state index < -0.39 is 17.7 Å². The second kappa shape index (κ2) is 12.4. The molecule has 4 heteroatoms. The molecule has 0 saturated carbocycles. The minimum Gasteiger partial charge on any atom is -0.467 e. The van der Waals surface area contributed by atoms with Crippen molar-refractivity contribution in [3.63, 3.8) is 0 Å². The van der Waals surface area contributed by atoms with Gasteiger partial charge in [-0.2, -0.15) is 0 Å². The van der Waals surface area contributed by atoms with Crippen molar-refractivity contribution in [2.75, 3.05) is 7.11 Å². The summed E-state index contributed by atoms with van der Waals surface area (Å²) in [6.07, 6.45) is 6.12. The Morgan fingerprint density at radius 1 is 0.872 bits per heavy atom. The van der Waals surface area contributed by atoms with Gasteiger partial charge in [0.15, 0.2) is 6.10 Å². The average molecular weight is 522 g/mol. The zero-order valence-electron chi connectivity index (χ0n) is 24.0. The quantitative estimate of drug-likeness (QED) is 0.207. The number of aryl methyl sites for hydroxylation is 2. The van der Waals surface area contributed by atoms with Crippen molar-refractivity contribution in [3.8, 4) is 33.4 Å². The molecule has 202 valence electrons. The summed E-state index contributed by atoms with van der Waals surface area (Å²) in [5.41, 5.74) is 9.24. The Morgan fingerprint density at radius 3 is 2.23 bits per heavy atom. The van der Waals surface area contributed by atoms with Crippen molar-refractivity contribution < 1.29 is 14.3 Å². The van der Waals surface area contributed by atoms with Crippen LogP contribution in [0.4, 0.5) is 0 Å². The van der Waals surface area contributed by atoms with Gasteiger partial charge in [0.05, 0.1) is 12.7 Å². The third-order valence-corrected chi connectivity index (χ3v) is 6.87. The zero-order valence-corrected chi connectivity index (χ0v) is 24.0. The fourth-order valence-electron chi connectivity index (χ4n) is 4.80. The molecule has 0 N–H and O–H groups in total. The highest BCUT2D eigenvalue weighted by Gasteiger charge is 2.30. The Balaban J connectivity index is 1.89. The summed E-state index contributed by atoms with van der Waals surface area (Å²) in [5, 5.41) is 0. The number of rotatable bonds is 9. The minimum atomic E-state index is -0.846. The van der Waals surface area contributed by atoms with Crippen molar-refractivity contribution in [1.29, 1.82) is 0 Å². The van der Waals surface area contributed by atoms with Gasteiger partial charge in [-0.15, -0.1) is 0 Å². The maximum Gasteiger partial charge on any atom is 0.339 e. The van der Waals surface area contributed by atoms with Crippen molar-refractivity contribution in [2.24, 2.45) is 0 Å². The Labute approximate surface area is 233 Å². The standard InChI is InChI=1S/C35H39NO3/c1-7-8-11-25-20-29(16-15-24(25)2)32-22-28(17-18-31(32)33(34(37)38-6)39-35(3,4)5)26-12-9-13-27(21-26)30-14-10-19-36-23-30/h9-10,12-23,33H,7-8,11H2,1-6H3. The van der Waals surface area contributed by atoms with Crippen molar-refractivity contribution in [3.05, 3.63) is 102 Å². The number of esters is 1. The third-order valence-electron chi connectivity index (χ3n) is 6.87. The molecule has 0 amide bonds. The number of hydrogen-bond acceptors (Lipinski definition) is 4. The predicted molar refractivity (Wildman–Crippen MR) is 159 cm³/mol. The van der Waals surface area contributed by atoms with E-state index in [0.717, 1.165) is 58.2 Å². The topological polar surface area (TPSA) is 48.4 Å². The highest BCUT2D eigenvalue weighted by molar-refractivity contribution is 5.84. The van der Waals surface area contributed by atoms with Gasteiger partial charge < -0.3 is 9.47 Å². The number of hydrogen-bond donors (Lipinski definition) is 0. The van der Waals surface area contributed by atoms with E-state index in [1.807, 2.05) is 39.1 Å². The zero-order chi connectivity index (χ0) is 28.0. The number of ether oxygens (including phenoxy) is 2. The van der Waals surface area contributed by atoms with Crippen LogP contribution in [-0.4, -0.2) is 23.7 Å². The first-order valence-electron chi connectivity index (χ1n) is 13.7. The van der Waals surface area contributed by atoms with Crippen LogP contribution in [-0.2, 0) is 20.7 Å². The smallest absolute Gasteiger partial charge is 0.339 e. The maximum absolute atomic E-state index is 13.0. The molecule has 0 aliphatic heterocycles. The first kappa shape index (κ1) is 28.3. The van der Waals surface area contributed by atoms with Gasteiger partial charge in [-0.3, -0.25) is 4.98 Å². The molecule has 0 aliphatic rings. The fourth-order valence-corrected chi connectivity index (χ4v) is 4.80. The van der Waals surface area contributed by atoms with E-state index in [9.17, 15) is 4.79 Å². The monoisotopic (exact) mass is 521 g/mol. The van der Waals surface area contributed by atoms with Crippen LogP contribution in [0.3, 0.4) is 0 Å². The molecule has 0 fully saturated rings. The molecule has 1 aromatic heterocycles. The summed E-state index contributed by atoms with van der Waals surface area (Å²) in [5.74, 6) is -0.407. The molecule has 4 aromatic rings. The molecule has 1 atom stereocenters. The summed E-state index contributed by atoms with van der Waals surface area (Å²) in [6, 6.07) is 25.3. The molecule has 4 rings (SSSR count). The van der Waals surface area contributed by atoms with Crippen LogP contribution < -0.4 is 0 Å². The van der Waals surface area contributed by atoms with Gasteiger partial charge in [-0.05, 0) is 103 Å². The Kier molecular flexibility index (Phi) is 8.98. The van der Waals surface area contributed by atoms with Crippen molar-refractivity contribution in [2.45, 2.75) is 65.6 Å². The average Bonchev–Trinajstić information content (AvgIpc) is 2.95. The first-order valence-corrected chi connectivity index (χ1v) is 13.7. The second-order valence-electron chi connectivity index (χ2n) is 11.0. The Bertz CT molecular complexity index is 1420. The van der Waals surface area contributed by atoms with Gasteiger partial charge in [0.25, 0.3) is 0 Å². The van der Waals surface area contributed by atoms with Crippen molar-refractivity contribution in [1.82, 2.24) is 4.98 Å². The molecule has 39 heavy (non-hydrogen) atoms. The maximum atomic E-state index is 13.0. The number of methoxy groups -OCH3 is 1. The van der Waals surface area contributed by atoms with Gasteiger partial charge in [0.2, 0.25) is 0 Å².